The summed E-state index contributed by atoms with van der Waals surface area (Å²) in [5, 5.41) is 0.751. The molecule has 1 heterocycles. The van der Waals surface area contributed by atoms with Crippen LogP contribution in [0.3, 0.4) is 0 Å². The molecule has 4 heteroatoms. The Hall–Kier alpha value is -1.06. The Labute approximate surface area is 131 Å². The zero-order valence-corrected chi connectivity index (χ0v) is 13.5. The second-order valence-corrected chi connectivity index (χ2v) is 6.78. The molecule has 1 saturated carbocycles. The van der Waals surface area contributed by atoms with Gasteiger partial charge in [-0.05, 0) is 49.9 Å². The normalized spacial score (nSPS) is 18.2. The third-order valence-corrected chi connectivity index (χ3v) is 5.22. The van der Waals surface area contributed by atoms with Crippen molar-refractivity contribution in [1.82, 2.24) is 9.55 Å². The molecule has 2 N–H and O–H groups in total. The summed E-state index contributed by atoms with van der Waals surface area (Å²) in [6.07, 6.45) is 7.41. The number of imidazole rings is 1. The second kappa shape index (κ2) is 5.98. The Balaban J connectivity index is 1.99. The molecule has 0 amide bonds. The maximum absolute atomic E-state index is 6.14. The van der Waals surface area contributed by atoms with Crippen LogP contribution in [0.25, 0.3) is 11.0 Å². The molecule has 114 valence electrons. The maximum atomic E-state index is 6.14. The van der Waals surface area contributed by atoms with Crippen molar-refractivity contribution in [3.05, 3.63) is 29.0 Å². The topological polar surface area (TPSA) is 43.8 Å². The van der Waals surface area contributed by atoms with Crippen molar-refractivity contribution in [3.63, 3.8) is 0 Å². The molecule has 1 aromatic carbocycles. The molecule has 0 unspecified atom stereocenters. The van der Waals surface area contributed by atoms with Crippen molar-refractivity contribution in [2.24, 2.45) is 11.1 Å². The number of hydrogen-bond donors (Lipinski definition) is 1. The summed E-state index contributed by atoms with van der Waals surface area (Å²) in [7, 11) is 0. The molecule has 1 aliphatic carbocycles. The van der Waals surface area contributed by atoms with E-state index in [1.807, 2.05) is 12.1 Å². The van der Waals surface area contributed by atoms with E-state index in [1.165, 1.54) is 43.4 Å². The van der Waals surface area contributed by atoms with Crippen LogP contribution >= 0.6 is 11.6 Å². The van der Waals surface area contributed by atoms with E-state index in [4.69, 9.17) is 22.3 Å². The summed E-state index contributed by atoms with van der Waals surface area (Å²) < 4.78 is 2.32. The first-order chi connectivity index (χ1) is 10.2. The molecule has 2 aromatic rings. The van der Waals surface area contributed by atoms with Crippen LogP contribution in [0.5, 0.6) is 0 Å². The minimum absolute atomic E-state index is 0.246. The van der Waals surface area contributed by atoms with Gasteiger partial charge >= 0.3 is 0 Å². The minimum Gasteiger partial charge on any atom is -0.330 e. The van der Waals surface area contributed by atoms with Crippen molar-refractivity contribution in [2.45, 2.75) is 52.0 Å². The van der Waals surface area contributed by atoms with Gasteiger partial charge in [0, 0.05) is 18.0 Å². The lowest BCUT2D eigenvalue weighted by Gasteiger charge is -2.36. The van der Waals surface area contributed by atoms with E-state index in [1.54, 1.807) is 0 Å². The monoisotopic (exact) mass is 305 g/mol. The number of hydrogen-bond acceptors (Lipinski definition) is 2. The number of aryl methyl sites for hydroxylation is 1. The highest BCUT2D eigenvalue weighted by Gasteiger charge is 2.32. The largest absolute Gasteiger partial charge is 0.330 e. The number of benzene rings is 1. The third kappa shape index (κ3) is 2.82. The van der Waals surface area contributed by atoms with E-state index in [0.29, 0.717) is 0 Å². The summed E-state index contributed by atoms with van der Waals surface area (Å²) >= 11 is 6.10. The van der Waals surface area contributed by atoms with Crippen LogP contribution in [0.2, 0.25) is 5.02 Å². The summed E-state index contributed by atoms with van der Waals surface area (Å²) in [5.41, 5.74) is 8.57. The van der Waals surface area contributed by atoms with Gasteiger partial charge in [-0.1, -0.05) is 30.9 Å². The molecule has 0 saturated heterocycles. The van der Waals surface area contributed by atoms with Crippen LogP contribution in [0.1, 0.15) is 44.9 Å². The van der Waals surface area contributed by atoms with Gasteiger partial charge in [0.2, 0.25) is 0 Å². The smallest absolute Gasteiger partial charge is 0.110 e. The third-order valence-electron chi connectivity index (χ3n) is 4.99. The molecule has 1 aliphatic rings. The van der Waals surface area contributed by atoms with Gasteiger partial charge in [-0.3, -0.25) is 0 Å². The van der Waals surface area contributed by atoms with Gasteiger partial charge in [0.15, 0.2) is 0 Å². The molecule has 0 atom stereocenters. The van der Waals surface area contributed by atoms with Gasteiger partial charge in [-0.25, -0.2) is 4.98 Å². The highest BCUT2D eigenvalue weighted by Crippen LogP contribution is 2.38. The molecule has 0 spiro atoms. The van der Waals surface area contributed by atoms with E-state index in [2.05, 4.69) is 17.6 Å². The summed E-state index contributed by atoms with van der Waals surface area (Å²) in [5.74, 6) is 1.17. The highest BCUT2D eigenvalue weighted by molar-refractivity contribution is 6.31. The minimum atomic E-state index is 0.246. The van der Waals surface area contributed by atoms with E-state index >= 15 is 0 Å². The van der Waals surface area contributed by atoms with Crippen molar-refractivity contribution in [1.29, 1.82) is 0 Å². The van der Waals surface area contributed by atoms with Crippen LogP contribution in [-0.2, 0) is 13.0 Å². The molecular formula is C17H24ClN3. The summed E-state index contributed by atoms with van der Waals surface area (Å²) in [4.78, 5) is 4.85. The van der Waals surface area contributed by atoms with Crippen LogP contribution in [0, 0.1) is 5.41 Å². The second-order valence-electron chi connectivity index (χ2n) is 6.35. The number of nitrogens with zero attached hydrogens (tertiary/aromatic N) is 2. The number of halogens is 1. The van der Waals surface area contributed by atoms with Crippen molar-refractivity contribution >= 4 is 22.6 Å². The lowest BCUT2D eigenvalue weighted by molar-refractivity contribution is 0.192. The highest BCUT2D eigenvalue weighted by atomic mass is 35.5. The van der Waals surface area contributed by atoms with Crippen LogP contribution in [0.4, 0.5) is 0 Å². The SMILES string of the molecule is CCn1c(CC2(CN)CCCCC2)nc2cc(Cl)ccc21. The van der Waals surface area contributed by atoms with E-state index < -0.39 is 0 Å². The molecule has 3 rings (SSSR count). The van der Waals surface area contributed by atoms with Gasteiger partial charge in [0.1, 0.15) is 5.82 Å². The lowest BCUT2D eigenvalue weighted by atomic mass is 9.71. The average molecular weight is 306 g/mol. The summed E-state index contributed by atoms with van der Waals surface area (Å²) in [6.45, 7) is 3.88. The van der Waals surface area contributed by atoms with E-state index in [-0.39, 0.29) is 5.41 Å². The van der Waals surface area contributed by atoms with Gasteiger partial charge < -0.3 is 10.3 Å². The van der Waals surface area contributed by atoms with Crippen LogP contribution in [0.15, 0.2) is 18.2 Å². The maximum Gasteiger partial charge on any atom is 0.110 e. The fourth-order valence-electron chi connectivity index (χ4n) is 3.73. The van der Waals surface area contributed by atoms with Crippen molar-refractivity contribution < 1.29 is 0 Å². The van der Waals surface area contributed by atoms with Crippen LogP contribution < -0.4 is 5.73 Å². The number of rotatable bonds is 4. The Kier molecular flexibility index (Phi) is 4.23. The zero-order valence-electron chi connectivity index (χ0n) is 12.7. The Morgan fingerprint density at radius 2 is 2.05 bits per heavy atom. The predicted octanol–water partition coefficient (Wildman–Crippen LogP) is 4.16. The van der Waals surface area contributed by atoms with Gasteiger partial charge in [-0.15, -0.1) is 0 Å². The first-order valence-electron chi connectivity index (χ1n) is 8.02. The Bertz CT molecular complexity index is 626. The van der Waals surface area contributed by atoms with Gasteiger partial charge in [0.05, 0.1) is 11.0 Å². The Morgan fingerprint density at radius 1 is 1.29 bits per heavy atom. The molecule has 0 radical (unpaired) electrons. The number of nitrogens with two attached hydrogens (primary N) is 1. The fraction of sp³-hybridized carbons (Fsp3) is 0.588. The molecule has 0 bridgehead atoms. The Morgan fingerprint density at radius 3 is 2.71 bits per heavy atom. The molecule has 21 heavy (non-hydrogen) atoms. The molecule has 0 aliphatic heterocycles. The zero-order chi connectivity index (χ0) is 14.9. The first kappa shape index (κ1) is 14.9. The van der Waals surface area contributed by atoms with E-state index in [9.17, 15) is 0 Å². The molecule has 3 nitrogen and oxygen atoms in total. The van der Waals surface area contributed by atoms with Gasteiger partial charge in [-0.2, -0.15) is 0 Å². The quantitative estimate of drug-likeness (QED) is 0.921. The molecular weight excluding hydrogens is 282 g/mol. The van der Waals surface area contributed by atoms with E-state index in [0.717, 1.165) is 30.0 Å². The summed E-state index contributed by atoms with van der Waals surface area (Å²) in [6, 6.07) is 5.98. The van der Waals surface area contributed by atoms with Crippen molar-refractivity contribution in [2.75, 3.05) is 6.54 Å². The first-order valence-corrected chi connectivity index (χ1v) is 8.40. The molecule has 1 fully saturated rings. The number of aromatic nitrogens is 2. The predicted molar refractivity (Wildman–Crippen MR) is 88.7 cm³/mol. The lowest BCUT2D eigenvalue weighted by Crippen LogP contribution is -2.35. The number of fused-ring (bicyclic) bond motifs is 1. The standard InChI is InChI=1S/C17H24ClN3/c1-2-21-15-7-6-13(18)10-14(15)20-16(21)11-17(12-19)8-4-3-5-9-17/h6-7,10H,2-5,8-9,11-12,19H2,1H3. The van der Waals surface area contributed by atoms with Gasteiger partial charge in [0.25, 0.3) is 0 Å². The van der Waals surface area contributed by atoms with Crippen molar-refractivity contribution in [3.8, 4) is 0 Å². The average Bonchev–Trinajstić information content (AvgIpc) is 2.84. The van der Waals surface area contributed by atoms with Crippen LogP contribution in [-0.4, -0.2) is 16.1 Å². The fourth-order valence-corrected chi connectivity index (χ4v) is 3.90. The molecule has 1 aromatic heterocycles.